The Labute approximate surface area is 88.6 Å². The summed E-state index contributed by atoms with van der Waals surface area (Å²) in [5.74, 6) is -1.43. The van der Waals surface area contributed by atoms with Crippen molar-refractivity contribution in [1.82, 2.24) is 0 Å². The zero-order chi connectivity index (χ0) is 9.14. The maximum absolute atomic E-state index is 11.1. The van der Waals surface area contributed by atoms with Crippen LogP contribution in [0.5, 0.6) is 0 Å². The van der Waals surface area contributed by atoms with Crippen LogP contribution in [0, 0.1) is 11.8 Å². The molecule has 0 aliphatic heterocycles. The van der Waals surface area contributed by atoms with Gasteiger partial charge in [0.1, 0.15) is 5.78 Å². The second-order valence-electron chi connectivity index (χ2n) is 3.45. The zero-order valence-corrected chi connectivity index (χ0v) is 8.93. The van der Waals surface area contributed by atoms with Crippen molar-refractivity contribution in [2.45, 2.75) is 32.6 Å². The summed E-state index contributed by atoms with van der Waals surface area (Å²) < 4.78 is 0. The van der Waals surface area contributed by atoms with E-state index in [-0.39, 0.29) is 29.1 Å². The first-order chi connectivity index (χ1) is 5.63. The summed E-state index contributed by atoms with van der Waals surface area (Å²) >= 11 is 0. The third-order valence-corrected chi connectivity index (χ3v) is 2.61. The van der Waals surface area contributed by atoms with Crippen molar-refractivity contribution in [1.29, 1.82) is 0 Å². The summed E-state index contributed by atoms with van der Waals surface area (Å²) in [6.45, 7) is 1.49. The minimum atomic E-state index is -0.810. The average Bonchev–Trinajstić information content (AvgIpc) is 2.04. The van der Waals surface area contributed by atoms with Crippen LogP contribution in [0.15, 0.2) is 0 Å². The van der Waals surface area contributed by atoms with Gasteiger partial charge < -0.3 is 5.11 Å². The summed E-state index contributed by atoms with van der Waals surface area (Å²) in [7, 11) is 0. The van der Waals surface area contributed by atoms with Gasteiger partial charge >= 0.3 is 5.97 Å². The SMILES string of the molecule is CC(=O)C1CCCCC1C(=O)O.[Cr]. The number of Topliss-reactive ketones (excluding diaryl/α,β-unsaturated/α-hetero) is 1. The summed E-state index contributed by atoms with van der Waals surface area (Å²) in [5, 5.41) is 8.81. The van der Waals surface area contributed by atoms with E-state index in [2.05, 4.69) is 0 Å². The molecule has 3 nitrogen and oxygen atoms in total. The van der Waals surface area contributed by atoms with Crippen molar-refractivity contribution >= 4 is 11.8 Å². The predicted molar refractivity (Wildman–Crippen MR) is 43.8 cm³/mol. The zero-order valence-electron chi connectivity index (χ0n) is 7.66. The Morgan fingerprint density at radius 2 is 1.62 bits per heavy atom. The molecule has 2 atom stereocenters. The molecule has 1 aliphatic rings. The van der Waals surface area contributed by atoms with Gasteiger partial charge in [0.05, 0.1) is 5.92 Å². The van der Waals surface area contributed by atoms with Gasteiger partial charge in [0, 0.05) is 23.3 Å². The summed E-state index contributed by atoms with van der Waals surface area (Å²) in [5.41, 5.74) is 0. The van der Waals surface area contributed by atoms with Crippen LogP contribution in [0.25, 0.3) is 0 Å². The first-order valence-corrected chi connectivity index (χ1v) is 4.36. The molecule has 0 amide bonds. The van der Waals surface area contributed by atoms with Crippen LogP contribution in [0.4, 0.5) is 0 Å². The number of carbonyl (C=O) groups excluding carboxylic acids is 1. The minimum Gasteiger partial charge on any atom is -0.481 e. The molecule has 1 rings (SSSR count). The van der Waals surface area contributed by atoms with Crippen LogP contribution in [-0.4, -0.2) is 16.9 Å². The molecule has 1 fully saturated rings. The Hall–Kier alpha value is -0.328. The normalized spacial score (nSPS) is 27.5. The quantitative estimate of drug-likeness (QED) is 0.769. The van der Waals surface area contributed by atoms with Crippen molar-refractivity contribution in [3.05, 3.63) is 0 Å². The molecule has 0 bridgehead atoms. The third-order valence-electron chi connectivity index (χ3n) is 2.61. The van der Waals surface area contributed by atoms with E-state index < -0.39 is 11.9 Å². The largest absolute Gasteiger partial charge is 0.481 e. The van der Waals surface area contributed by atoms with Gasteiger partial charge in [0.25, 0.3) is 0 Å². The molecule has 1 saturated carbocycles. The smallest absolute Gasteiger partial charge is 0.307 e. The number of carboxylic acids is 1. The van der Waals surface area contributed by atoms with E-state index in [9.17, 15) is 9.59 Å². The van der Waals surface area contributed by atoms with Crippen molar-refractivity contribution in [3.8, 4) is 0 Å². The van der Waals surface area contributed by atoms with Gasteiger partial charge in [-0.1, -0.05) is 12.8 Å². The van der Waals surface area contributed by atoms with Gasteiger partial charge in [0.15, 0.2) is 0 Å². The molecule has 0 aromatic rings. The fourth-order valence-corrected chi connectivity index (χ4v) is 1.91. The second kappa shape index (κ2) is 5.41. The molecule has 13 heavy (non-hydrogen) atoms. The molecule has 0 saturated heterocycles. The first kappa shape index (κ1) is 12.7. The van der Waals surface area contributed by atoms with Crippen molar-refractivity contribution in [2.75, 3.05) is 0 Å². The molecule has 2 unspecified atom stereocenters. The Balaban J connectivity index is 0.00000144. The molecule has 1 aliphatic carbocycles. The van der Waals surface area contributed by atoms with Gasteiger partial charge in [-0.05, 0) is 19.8 Å². The van der Waals surface area contributed by atoms with E-state index in [0.29, 0.717) is 6.42 Å². The molecule has 0 radical (unpaired) electrons. The average molecular weight is 222 g/mol. The maximum atomic E-state index is 11.1. The third kappa shape index (κ3) is 3.13. The number of hydrogen-bond acceptors (Lipinski definition) is 2. The molecule has 0 aromatic carbocycles. The van der Waals surface area contributed by atoms with Gasteiger partial charge in [-0.15, -0.1) is 0 Å². The predicted octanol–water partition coefficient (Wildman–Crippen LogP) is 1.46. The van der Waals surface area contributed by atoms with E-state index in [4.69, 9.17) is 5.11 Å². The van der Waals surface area contributed by atoms with E-state index in [0.717, 1.165) is 19.3 Å². The Morgan fingerprint density at radius 1 is 1.15 bits per heavy atom. The topological polar surface area (TPSA) is 54.4 Å². The summed E-state index contributed by atoms with van der Waals surface area (Å²) in [6.07, 6.45) is 3.36. The first-order valence-electron chi connectivity index (χ1n) is 4.36. The van der Waals surface area contributed by atoms with Crippen LogP contribution in [0.3, 0.4) is 0 Å². The number of carboxylic acid groups (broad SMARTS) is 1. The van der Waals surface area contributed by atoms with Crippen LogP contribution < -0.4 is 0 Å². The molecular weight excluding hydrogens is 208 g/mol. The van der Waals surface area contributed by atoms with Crippen LogP contribution in [0.1, 0.15) is 32.6 Å². The van der Waals surface area contributed by atoms with Gasteiger partial charge in [-0.25, -0.2) is 0 Å². The monoisotopic (exact) mass is 222 g/mol. The molecule has 0 spiro atoms. The van der Waals surface area contributed by atoms with E-state index in [1.807, 2.05) is 0 Å². The number of aliphatic carboxylic acids is 1. The Bertz CT molecular complexity index is 181. The van der Waals surface area contributed by atoms with Gasteiger partial charge in [-0.2, -0.15) is 0 Å². The van der Waals surface area contributed by atoms with Gasteiger partial charge in [-0.3, -0.25) is 9.59 Å². The summed E-state index contributed by atoms with van der Waals surface area (Å²) in [4.78, 5) is 21.8. The minimum absolute atomic E-state index is 0. The van der Waals surface area contributed by atoms with Crippen molar-refractivity contribution < 1.29 is 32.1 Å². The molecular formula is C9H14CrO3. The van der Waals surface area contributed by atoms with Crippen LogP contribution >= 0.6 is 0 Å². The van der Waals surface area contributed by atoms with E-state index in [1.165, 1.54) is 6.92 Å². The van der Waals surface area contributed by atoms with Gasteiger partial charge in [0.2, 0.25) is 0 Å². The Kier molecular flexibility index (Phi) is 5.28. The van der Waals surface area contributed by atoms with E-state index >= 15 is 0 Å². The fourth-order valence-electron chi connectivity index (χ4n) is 1.91. The number of carbonyl (C=O) groups is 2. The molecule has 1 N–H and O–H groups in total. The van der Waals surface area contributed by atoms with Crippen molar-refractivity contribution in [2.24, 2.45) is 11.8 Å². The molecule has 0 heterocycles. The number of hydrogen-bond donors (Lipinski definition) is 1. The summed E-state index contributed by atoms with van der Waals surface area (Å²) in [6, 6.07) is 0. The molecule has 4 heteroatoms. The fraction of sp³-hybridized carbons (Fsp3) is 0.778. The number of rotatable bonds is 2. The van der Waals surface area contributed by atoms with Crippen LogP contribution in [0.2, 0.25) is 0 Å². The second-order valence-corrected chi connectivity index (χ2v) is 3.45. The molecule has 74 valence electrons. The van der Waals surface area contributed by atoms with Crippen molar-refractivity contribution in [3.63, 3.8) is 0 Å². The van der Waals surface area contributed by atoms with E-state index in [1.54, 1.807) is 0 Å². The Morgan fingerprint density at radius 3 is 1.92 bits per heavy atom. The molecule has 0 aromatic heterocycles. The number of ketones is 1. The standard InChI is InChI=1S/C9H14O3.Cr/c1-6(10)7-4-2-3-5-8(7)9(11)12;/h7-8H,2-5H2,1H3,(H,11,12);. The van der Waals surface area contributed by atoms with Crippen LogP contribution in [-0.2, 0) is 27.0 Å². The maximum Gasteiger partial charge on any atom is 0.307 e.